The smallest absolute Gasteiger partial charge is 0.295 e. The van der Waals surface area contributed by atoms with Crippen molar-refractivity contribution in [3.8, 4) is 5.75 Å². The summed E-state index contributed by atoms with van der Waals surface area (Å²) in [6, 6.07) is 7.54. The maximum Gasteiger partial charge on any atom is 0.295 e. The first-order valence-corrected chi connectivity index (χ1v) is 10.6. The van der Waals surface area contributed by atoms with E-state index in [0.29, 0.717) is 10.4 Å². The van der Waals surface area contributed by atoms with Crippen LogP contribution in [0, 0.1) is 5.82 Å². The number of thiol groups is 1. The van der Waals surface area contributed by atoms with Gasteiger partial charge in [-0.3, -0.25) is 14.4 Å². The first-order valence-electron chi connectivity index (χ1n) is 9.76. The van der Waals surface area contributed by atoms with Crippen molar-refractivity contribution >= 4 is 52.7 Å². The van der Waals surface area contributed by atoms with Crippen LogP contribution in [0.25, 0.3) is 10.9 Å². The molecule has 1 aliphatic rings. The number of fused-ring (bicyclic) bond motifs is 1. The summed E-state index contributed by atoms with van der Waals surface area (Å²) in [5, 5.41) is 0.365. The van der Waals surface area contributed by atoms with Gasteiger partial charge in [-0.1, -0.05) is 17.7 Å². The minimum Gasteiger partial charge on any atom is -0.494 e. The fourth-order valence-corrected chi connectivity index (χ4v) is 4.44. The van der Waals surface area contributed by atoms with E-state index in [4.69, 9.17) is 16.3 Å². The number of Topliss-reactive ketones (excluding diaryl/α,β-unsaturated/α-hetero) is 1. The van der Waals surface area contributed by atoms with Gasteiger partial charge in [-0.15, -0.1) is 12.6 Å². The highest BCUT2D eigenvalue weighted by Gasteiger charge is 2.31. The number of halogens is 2. The molecule has 4 rings (SSSR count). The van der Waals surface area contributed by atoms with Crippen LogP contribution in [0.4, 0.5) is 4.39 Å². The van der Waals surface area contributed by atoms with Crippen LogP contribution in [0.5, 0.6) is 5.75 Å². The van der Waals surface area contributed by atoms with Gasteiger partial charge in [-0.05, 0) is 24.3 Å². The Morgan fingerprint density at radius 1 is 1.09 bits per heavy atom. The van der Waals surface area contributed by atoms with E-state index in [-0.39, 0.29) is 59.4 Å². The van der Waals surface area contributed by atoms with Gasteiger partial charge >= 0.3 is 0 Å². The lowest BCUT2D eigenvalue weighted by Gasteiger charge is -2.34. The van der Waals surface area contributed by atoms with Crippen molar-refractivity contribution in [2.45, 2.75) is 4.90 Å². The molecule has 7 nitrogen and oxygen atoms in total. The summed E-state index contributed by atoms with van der Waals surface area (Å²) in [7, 11) is 1.42. The minimum atomic E-state index is -0.794. The second-order valence-electron chi connectivity index (χ2n) is 7.29. The van der Waals surface area contributed by atoms with Crippen LogP contribution in [0.15, 0.2) is 41.4 Å². The number of amides is 2. The molecule has 1 fully saturated rings. The molecule has 32 heavy (non-hydrogen) atoms. The average Bonchev–Trinajstić information content (AvgIpc) is 3.23. The number of H-pyrrole nitrogens is 1. The van der Waals surface area contributed by atoms with Crippen molar-refractivity contribution in [3.63, 3.8) is 0 Å². The third kappa shape index (κ3) is 3.93. The lowest BCUT2D eigenvalue weighted by atomic mass is 10.1. The highest BCUT2D eigenvalue weighted by molar-refractivity contribution is 7.80. The first-order chi connectivity index (χ1) is 15.3. The SMILES string of the molecule is COc1c(Cl)cc(S)cc1C(=O)N1CCN(C(=O)C(=O)c2c[nH]c3cccc(F)c23)CC1. The zero-order valence-corrected chi connectivity index (χ0v) is 18.7. The van der Waals surface area contributed by atoms with E-state index in [2.05, 4.69) is 17.6 Å². The number of ketones is 1. The molecular weight excluding hydrogens is 457 g/mol. The molecule has 0 saturated carbocycles. The van der Waals surface area contributed by atoms with E-state index in [1.54, 1.807) is 23.1 Å². The maximum atomic E-state index is 14.2. The number of ether oxygens (including phenoxy) is 1. The van der Waals surface area contributed by atoms with Gasteiger partial charge in [0.2, 0.25) is 0 Å². The Kier molecular flexibility index (Phi) is 6.12. The molecular formula is C22H19ClFN3O4S. The number of hydrogen-bond acceptors (Lipinski definition) is 5. The summed E-state index contributed by atoms with van der Waals surface area (Å²) in [4.78, 5) is 44.8. The van der Waals surface area contributed by atoms with Crippen molar-refractivity contribution in [1.29, 1.82) is 0 Å². The molecule has 2 amide bonds. The Morgan fingerprint density at radius 2 is 1.78 bits per heavy atom. The van der Waals surface area contributed by atoms with Crippen LogP contribution in [-0.4, -0.2) is 65.7 Å². The van der Waals surface area contributed by atoms with E-state index in [1.165, 1.54) is 30.3 Å². The second kappa shape index (κ2) is 8.84. The number of nitrogens with one attached hydrogen (secondary N) is 1. The lowest BCUT2D eigenvalue weighted by Crippen LogP contribution is -2.52. The van der Waals surface area contributed by atoms with E-state index in [1.807, 2.05) is 0 Å². The van der Waals surface area contributed by atoms with E-state index >= 15 is 0 Å². The van der Waals surface area contributed by atoms with Crippen LogP contribution >= 0.6 is 24.2 Å². The van der Waals surface area contributed by atoms with Gasteiger partial charge in [0.05, 0.1) is 23.3 Å². The molecule has 0 radical (unpaired) electrons. The molecule has 3 aromatic rings. The Hall–Kier alpha value is -3.04. The van der Waals surface area contributed by atoms with Gasteiger partial charge in [0.1, 0.15) is 11.6 Å². The van der Waals surface area contributed by atoms with Crippen molar-refractivity contribution in [2.24, 2.45) is 0 Å². The van der Waals surface area contributed by atoms with Crippen molar-refractivity contribution in [3.05, 3.63) is 58.5 Å². The normalized spacial score (nSPS) is 14.0. The topological polar surface area (TPSA) is 82.7 Å². The summed E-state index contributed by atoms with van der Waals surface area (Å²) in [5.41, 5.74) is 0.706. The van der Waals surface area contributed by atoms with E-state index < -0.39 is 17.5 Å². The van der Waals surface area contributed by atoms with Crippen molar-refractivity contribution < 1.29 is 23.5 Å². The number of benzene rings is 2. The average molecular weight is 476 g/mol. The van der Waals surface area contributed by atoms with Crippen LogP contribution in [0.3, 0.4) is 0 Å². The summed E-state index contributed by atoms with van der Waals surface area (Å²) < 4.78 is 19.5. The standard InChI is InChI=1S/C22H19ClFN3O4S/c1-31-20-13(9-12(32)10-15(20)23)21(29)26-5-7-27(8-6-26)22(30)19(28)14-11-25-17-4-2-3-16(24)18(14)17/h2-4,9-11,25,32H,5-8H2,1H3. The summed E-state index contributed by atoms with van der Waals surface area (Å²) in [6.45, 7) is 0.769. The maximum absolute atomic E-state index is 14.2. The Morgan fingerprint density at radius 3 is 2.47 bits per heavy atom. The van der Waals surface area contributed by atoms with Crippen LogP contribution in [0.2, 0.25) is 5.02 Å². The van der Waals surface area contributed by atoms with Crippen LogP contribution in [0.1, 0.15) is 20.7 Å². The predicted molar refractivity (Wildman–Crippen MR) is 120 cm³/mol. The molecule has 2 heterocycles. The molecule has 166 valence electrons. The Balaban J connectivity index is 1.47. The van der Waals surface area contributed by atoms with Gasteiger partial charge in [-0.25, -0.2) is 4.39 Å². The molecule has 1 N–H and O–H groups in total. The van der Waals surface area contributed by atoms with Gasteiger partial charge in [0.15, 0.2) is 0 Å². The second-order valence-corrected chi connectivity index (χ2v) is 8.21. The number of hydrogen-bond donors (Lipinski definition) is 2. The number of methoxy groups -OCH3 is 1. The Bertz CT molecular complexity index is 1240. The predicted octanol–water partition coefficient (Wildman–Crippen LogP) is 3.43. The molecule has 2 aromatic carbocycles. The summed E-state index contributed by atoms with van der Waals surface area (Å²) >= 11 is 10.4. The fraction of sp³-hybridized carbons (Fsp3) is 0.227. The molecule has 10 heteroatoms. The number of carbonyl (C=O) groups excluding carboxylic acids is 3. The molecule has 0 unspecified atom stereocenters. The molecule has 1 aliphatic heterocycles. The number of piperazine rings is 1. The molecule has 0 spiro atoms. The largest absolute Gasteiger partial charge is 0.494 e. The zero-order chi connectivity index (χ0) is 23.0. The molecule has 1 aromatic heterocycles. The molecule has 1 saturated heterocycles. The van der Waals surface area contributed by atoms with Gasteiger partial charge < -0.3 is 19.5 Å². The van der Waals surface area contributed by atoms with Gasteiger partial charge in [0, 0.05) is 48.2 Å². The van der Waals surface area contributed by atoms with Crippen LogP contribution in [-0.2, 0) is 4.79 Å². The Labute approximate surface area is 193 Å². The zero-order valence-electron chi connectivity index (χ0n) is 17.0. The quantitative estimate of drug-likeness (QED) is 0.344. The number of carbonyl (C=O) groups is 3. The number of nitrogens with zero attached hydrogens (tertiary/aromatic N) is 2. The molecule has 0 aliphatic carbocycles. The van der Waals surface area contributed by atoms with Crippen LogP contribution < -0.4 is 4.74 Å². The number of rotatable bonds is 4. The molecule has 0 bridgehead atoms. The monoisotopic (exact) mass is 475 g/mol. The highest BCUT2D eigenvalue weighted by atomic mass is 35.5. The highest BCUT2D eigenvalue weighted by Crippen LogP contribution is 2.32. The summed E-state index contributed by atoms with van der Waals surface area (Å²) in [6.07, 6.45) is 1.34. The van der Waals surface area contributed by atoms with Crippen molar-refractivity contribution in [1.82, 2.24) is 14.8 Å². The van der Waals surface area contributed by atoms with Gasteiger partial charge in [0.25, 0.3) is 17.6 Å². The third-order valence-corrected chi connectivity index (χ3v) is 5.95. The molecule has 0 atom stereocenters. The number of aromatic nitrogens is 1. The summed E-state index contributed by atoms with van der Waals surface area (Å²) in [5.74, 6) is -2.16. The van der Waals surface area contributed by atoms with Gasteiger partial charge in [-0.2, -0.15) is 0 Å². The fourth-order valence-electron chi connectivity index (χ4n) is 3.81. The van der Waals surface area contributed by atoms with E-state index in [0.717, 1.165) is 0 Å². The van der Waals surface area contributed by atoms with E-state index in [9.17, 15) is 18.8 Å². The third-order valence-electron chi connectivity index (χ3n) is 5.41. The van der Waals surface area contributed by atoms with Crippen molar-refractivity contribution in [2.75, 3.05) is 33.3 Å². The first kappa shape index (κ1) is 22.2. The number of aromatic amines is 1. The lowest BCUT2D eigenvalue weighted by molar-refractivity contribution is -0.127. The minimum absolute atomic E-state index is 0.00780.